The van der Waals surface area contributed by atoms with Crippen LogP contribution >= 0.6 is 0 Å². The highest BCUT2D eigenvalue weighted by Gasteiger charge is 2.11. The fourth-order valence-corrected chi connectivity index (χ4v) is 3.48. The monoisotopic (exact) mass is 496 g/mol. The second-order valence-corrected chi connectivity index (χ2v) is 8.95. The van der Waals surface area contributed by atoms with Crippen molar-refractivity contribution >= 4 is 39.3 Å². The zero-order chi connectivity index (χ0) is 25.3. The molecule has 0 saturated heterocycles. The van der Waals surface area contributed by atoms with Crippen molar-refractivity contribution in [1.82, 2.24) is 5.32 Å². The number of esters is 1. The molecule has 3 aromatic carbocycles. The number of rotatable bonds is 9. The Kier molecular flexibility index (Phi) is 8.54. The number of ether oxygens (including phenoxy) is 1. The number of sulfonamides is 1. The minimum Gasteiger partial charge on any atom is -0.452 e. The molecule has 0 heterocycles. The van der Waals surface area contributed by atoms with Gasteiger partial charge < -0.3 is 20.7 Å². The van der Waals surface area contributed by atoms with Crippen molar-refractivity contribution in [2.45, 2.75) is 11.3 Å². The van der Waals surface area contributed by atoms with E-state index in [9.17, 15) is 22.8 Å². The SMILES string of the molecule is NS(=O)(=O)c1ccc(CCNC(=O)COC(=O)c2ccc(NC(=O)Nc3ccccc3)cc2)cc1. The molecule has 5 N–H and O–H groups in total. The Labute approximate surface area is 202 Å². The van der Waals surface area contributed by atoms with Gasteiger partial charge in [-0.05, 0) is 60.5 Å². The van der Waals surface area contributed by atoms with Crippen LogP contribution in [0.5, 0.6) is 0 Å². The van der Waals surface area contributed by atoms with Gasteiger partial charge in [0.25, 0.3) is 5.91 Å². The van der Waals surface area contributed by atoms with Gasteiger partial charge in [0.2, 0.25) is 10.0 Å². The number of primary sulfonamides is 1. The first-order chi connectivity index (χ1) is 16.7. The fourth-order valence-electron chi connectivity index (χ4n) is 2.96. The zero-order valence-corrected chi connectivity index (χ0v) is 19.4. The number of nitrogens with one attached hydrogen (secondary N) is 3. The van der Waals surface area contributed by atoms with Crippen LogP contribution in [0, 0.1) is 0 Å². The van der Waals surface area contributed by atoms with Crippen LogP contribution < -0.4 is 21.1 Å². The van der Waals surface area contributed by atoms with E-state index in [0.29, 0.717) is 17.8 Å². The minimum absolute atomic E-state index is 0.0106. The molecule has 0 atom stereocenters. The Morgan fingerprint density at radius 1 is 0.800 bits per heavy atom. The first kappa shape index (κ1) is 25.4. The summed E-state index contributed by atoms with van der Waals surface area (Å²) in [4.78, 5) is 36.1. The third-order valence-electron chi connectivity index (χ3n) is 4.73. The Balaban J connectivity index is 1.38. The van der Waals surface area contributed by atoms with E-state index in [2.05, 4.69) is 16.0 Å². The molecule has 0 radical (unpaired) electrons. The molecule has 0 aromatic heterocycles. The predicted molar refractivity (Wildman–Crippen MR) is 130 cm³/mol. The number of anilines is 2. The van der Waals surface area contributed by atoms with Crippen LogP contribution in [-0.2, 0) is 26.0 Å². The van der Waals surface area contributed by atoms with E-state index >= 15 is 0 Å². The predicted octanol–water partition coefficient (Wildman–Crippen LogP) is 2.49. The van der Waals surface area contributed by atoms with Crippen molar-refractivity contribution in [3.63, 3.8) is 0 Å². The van der Waals surface area contributed by atoms with E-state index < -0.39 is 34.5 Å². The van der Waals surface area contributed by atoms with Gasteiger partial charge in [-0.25, -0.2) is 23.1 Å². The summed E-state index contributed by atoms with van der Waals surface area (Å²) in [6, 6.07) is 20.6. The highest BCUT2D eigenvalue weighted by molar-refractivity contribution is 7.89. The maximum atomic E-state index is 12.2. The molecule has 182 valence electrons. The summed E-state index contributed by atoms with van der Waals surface area (Å²) in [5.74, 6) is -1.16. The van der Waals surface area contributed by atoms with Crippen LogP contribution in [0.25, 0.3) is 0 Å². The highest BCUT2D eigenvalue weighted by atomic mass is 32.2. The molecule has 0 fully saturated rings. The molecule has 11 heteroatoms. The molecule has 3 rings (SSSR count). The minimum atomic E-state index is -3.75. The lowest BCUT2D eigenvalue weighted by Gasteiger charge is -2.09. The van der Waals surface area contributed by atoms with Crippen LogP contribution in [0.1, 0.15) is 15.9 Å². The standard InChI is InChI=1S/C24H24N4O6S/c25-35(32,33)21-12-6-17(7-13-21)14-15-26-22(29)16-34-23(30)18-8-10-20(11-9-18)28-24(31)27-19-4-2-1-3-5-19/h1-13H,14-16H2,(H,26,29)(H2,25,32,33)(H2,27,28,31). The molecule has 3 amide bonds. The summed E-state index contributed by atoms with van der Waals surface area (Å²) in [6.45, 7) is -0.181. The normalized spacial score (nSPS) is 10.8. The molecule has 0 aliphatic rings. The fraction of sp³-hybridized carbons (Fsp3) is 0.125. The number of carbonyl (C=O) groups is 3. The third kappa shape index (κ3) is 8.25. The van der Waals surface area contributed by atoms with Crippen molar-refractivity contribution in [3.8, 4) is 0 Å². The molecule has 35 heavy (non-hydrogen) atoms. The van der Waals surface area contributed by atoms with Crippen LogP contribution in [0.4, 0.5) is 16.2 Å². The van der Waals surface area contributed by atoms with E-state index in [4.69, 9.17) is 9.88 Å². The number of para-hydroxylation sites is 1. The number of hydrogen-bond acceptors (Lipinski definition) is 6. The first-order valence-corrected chi connectivity index (χ1v) is 12.0. The summed E-state index contributed by atoms with van der Waals surface area (Å²) in [6.07, 6.45) is 0.455. The largest absolute Gasteiger partial charge is 0.452 e. The van der Waals surface area contributed by atoms with Gasteiger partial charge in [-0.2, -0.15) is 0 Å². The van der Waals surface area contributed by atoms with Gasteiger partial charge in [-0.1, -0.05) is 30.3 Å². The van der Waals surface area contributed by atoms with Gasteiger partial charge in [0.1, 0.15) is 0 Å². The van der Waals surface area contributed by atoms with Gasteiger partial charge in [0.05, 0.1) is 10.5 Å². The van der Waals surface area contributed by atoms with E-state index in [1.807, 2.05) is 6.07 Å². The molecule has 0 aliphatic carbocycles. The Morgan fingerprint density at radius 3 is 2.00 bits per heavy atom. The van der Waals surface area contributed by atoms with Gasteiger partial charge in [-0.15, -0.1) is 0 Å². The maximum Gasteiger partial charge on any atom is 0.338 e. The lowest BCUT2D eigenvalue weighted by atomic mass is 10.1. The van der Waals surface area contributed by atoms with E-state index in [-0.39, 0.29) is 17.0 Å². The third-order valence-corrected chi connectivity index (χ3v) is 5.66. The molecule has 0 bridgehead atoms. The first-order valence-electron chi connectivity index (χ1n) is 10.5. The van der Waals surface area contributed by atoms with Crippen LogP contribution in [0.2, 0.25) is 0 Å². The average Bonchev–Trinajstić information content (AvgIpc) is 2.83. The van der Waals surface area contributed by atoms with Crippen LogP contribution in [-0.4, -0.2) is 39.5 Å². The molecule has 3 aromatic rings. The van der Waals surface area contributed by atoms with Crippen LogP contribution in [0.15, 0.2) is 83.8 Å². The van der Waals surface area contributed by atoms with E-state index in [0.717, 1.165) is 5.56 Å². The van der Waals surface area contributed by atoms with Gasteiger partial charge in [-0.3, -0.25) is 4.79 Å². The van der Waals surface area contributed by atoms with Crippen molar-refractivity contribution in [2.24, 2.45) is 5.14 Å². The number of nitrogens with two attached hydrogens (primary N) is 1. The number of hydrogen-bond donors (Lipinski definition) is 4. The highest BCUT2D eigenvalue weighted by Crippen LogP contribution is 2.12. The molecule has 0 spiro atoms. The van der Waals surface area contributed by atoms with Crippen molar-refractivity contribution in [1.29, 1.82) is 0 Å². The van der Waals surface area contributed by atoms with Crippen molar-refractivity contribution < 1.29 is 27.5 Å². The maximum absolute atomic E-state index is 12.2. The average molecular weight is 497 g/mol. The summed E-state index contributed by atoms with van der Waals surface area (Å²) in [5.41, 5.74) is 2.15. The molecular formula is C24H24N4O6S. The van der Waals surface area contributed by atoms with Gasteiger partial charge >= 0.3 is 12.0 Å². The van der Waals surface area contributed by atoms with Crippen LogP contribution in [0.3, 0.4) is 0 Å². The molecular weight excluding hydrogens is 472 g/mol. The zero-order valence-electron chi connectivity index (χ0n) is 18.6. The summed E-state index contributed by atoms with van der Waals surface area (Å²) < 4.78 is 27.5. The number of benzene rings is 3. The second kappa shape index (κ2) is 11.8. The van der Waals surface area contributed by atoms with E-state index in [1.165, 1.54) is 24.3 Å². The molecule has 0 aliphatic heterocycles. The second-order valence-electron chi connectivity index (χ2n) is 7.39. The number of carbonyl (C=O) groups excluding carboxylic acids is 3. The number of urea groups is 1. The number of amides is 3. The smallest absolute Gasteiger partial charge is 0.338 e. The van der Waals surface area contributed by atoms with E-state index in [1.54, 1.807) is 48.5 Å². The Hall–Kier alpha value is -4.22. The lowest BCUT2D eigenvalue weighted by molar-refractivity contribution is -0.124. The molecule has 10 nitrogen and oxygen atoms in total. The van der Waals surface area contributed by atoms with Gasteiger partial charge in [0.15, 0.2) is 6.61 Å². The summed E-state index contributed by atoms with van der Waals surface area (Å²) in [7, 11) is -3.75. The summed E-state index contributed by atoms with van der Waals surface area (Å²) >= 11 is 0. The summed E-state index contributed by atoms with van der Waals surface area (Å²) in [5, 5.41) is 13.0. The molecule has 0 unspecified atom stereocenters. The lowest BCUT2D eigenvalue weighted by Crippen LogP contribution is -2.30. The topological polar surface area (TPSA) is 157 Å². The van der Waals surface area contributed by atoms with Gasteiger partial charge in [0, 0.05) is 17.9 Å². The molecule has 0 saturated carbocycles. The Morgan fingerprint density at radius 2 is 1.40 bits per heavy atom. The quantitative estimate of drug-likeness (QED) is 0.333. The van der Waals surface area contributed by atoms with Crippen molar-refractivity contribution in [2.75, 3.05) is 23.8 Å². The Bertz CT molecular complexity index is 1280. The van der Waals surface area contributed by atoms with Crippen molar-refractivity contribution in [3.05, 3.63) is 90.0 Å².